The number of amides is 2. The number of carbonyl (C=O) groups is 3. The van der Waals surface area contributed by atoms with Crippen LogP contribution in [0.25, 0.3) is 0 Å². The zero-order chi connectivity index (χ0) is 25.3. The molecule has 1 aromatic rings. The molecule has 186 valence electrons. The summed E-state index contributed by atoms with van der Waals surface area (Å²) < 4.78 is 0. The van der Waals surface area contributed by atoms with Gasteiger partial charge < -0.3 is 21.0 Å². The van der Waals surface area contributed by atoms with E-state index < -0.39 is 12.0 Å². The number of β-lactam (4-membered cyclic amide) rings is 1. The number of aliphatic carboxylic acids is 1. The average molecular weight is 538 g/mol. The van der Waals surface area contributed by atoms with Gasteiger partial charge >= 0.3 is 5.97 Å². The van der Waals surface area contributed by atoms with Gasteiger partial charge in [0.2, 0.25) is 5.91 Å². The summed E-state index contributed by atoms with van der Waals surface area (Å²) in [6, 6.07) is -0.881. The van der Waals surface area contributed by atoms with Crippen molar-refractivity contribution < 1.29 is 24.3 Å². The van der Waals surface area contributed by atoms with Crippen LogP contribution in [0.2, 0.25) is 0 Å². The van der Waals surface area contributed by atoms with E-state index >= 15 is 0 Å². The van der Waals surface area contributed by atoms with Crippen molar-refractivity contribution in [2.24, 2.45) is 10.1 Å². The second-order valence-corrected chi connectivity index (χ2v) is 10.7. The van der Waals surface area contributed by atoms with E-state index in [0.29, 0.717) is 38.7 Å². The molecule has 1 saturated heterocycles. The van der Waals surface area contributed by atoms with E-state index in [2.05, 4.69) is 32.3 Å². The Morgan fingerprint density at radius 1 is 1.51 bits per heavy atom. The molecule has 5 N–H and O–H groups in total. The molecule has 3 aliphatic heterocycles. The molecule has 12 nitrogen and oxygen atoms in total. The molecule has 0 aromatic carbocycles. The van der Waals surface area contributed by atoms with E-state index in [4.69, 9.17) is 10.6 Å². The van der Waals surface area contributed by atoms with Gasteiger partial charge in [-0.25, -0.2) is 14.8 Å². The number of hydrogen-bond donors (Lipinski definition) is 4. The Morgan fingerprint density at radius 3 is 2.94 bits per heavy atom. The summed E-state index contributed by atoms with van der Waals surface area (Å²) in [6.07, 6.45) is 0. The van der Waals surface area contributed by atoms with Gasteiger partial charge in [0.25, 0.3) is 5.91 Å². The fourth-order valence-corrected chi connectivity index (χ4v) is 6.82. The van der Waals surface area contributed by atoms with Crippen molar-refractivity contribution in [2.75, 3.05) is 30.9 Å². The van der Waals surface area contributed by atoms with Gasteiger partial charge in [0.05, 0.1) is 11.1 Å². The van der Waals surface area contributed by atoms with Gasteiger partial charge in [0, 0.05) is 23.4 Å². The Labute approximate surface area is 213 Å². The van der Waals surface area contributed by atoms with Crippen LogP contribution in [-0.4, -0.2) is 86.1 Å². The first-order chi connectivity index (χ1) is 16.7. The zero-order valence-electron chi connectivity index (χ0n) is 18.8. The van der Waals surface area contributed by atoms with Crippen molar-refractivity contribution in [3.05, 3.63) is 34.6 Å². The summed E-state index contributed by atoms with van der Waals surface area (Å²) in [5.74, 6) is -1.05. The first kappa shape index (κ1) is 25.2. The molecular formula is C20H23N7O5S3. The molecule has 0 spiro atoms. The quantitative estimate of drug-likeness (QED) is 0.158. The van der Waals surface area contributed by atoms with Crippen LogP contribution in [0, 0.1) is 0 Å². The number of carboxylic acid groups (broad SMARTS) is 1. The normalized spacial score (nSPS) is 24.6. The van der Waals surface area contributed by atoms with E-state index in [1.807, 2.05) is 0 Å². The first-order valence-electron chi connectivity index (χ1n) is 10.4. The highest BCUT2D eigenvalue weighted by atomic mass is 32.2. The number of rotatable bonds is 8. The number of nitrogens with two attached hydrogens (primary N) is 1. The van der Waals surface area contributed by atoms with Crippen molar-refractivity contribution >= 4 is 68.5 Å². The summed E-state index contributed by atoms with van der Waals surface area (Å²) in [4.78, 5) is 51.4. The Kier molecular flexibility index (Phi) is 7.49. The first-order valence-corrected chi connectivity index (χ1v) is 13.3. The van der Waals surface area contributed by atoms with Crippen molar-refractivity contribution in [3.63, 3.8) is 0 Å². The molecule has 0 aliphatic carbocycles. The highest BCUT2D eigenvalue weighted by Crippen LogP contribution is 2.41. The van der Waals surface area contributed by atoms with Crippen LogP contribution in [-0.2, 0) is 19.2 Å². The maximum Gasteiger partial charge on any atom is 0.352 e. The van der Waals surface area contributed by atoms with Crippen LogP contribution in [0.15, 0.2) is 39.1 Å². The average Bonchev–Trinajstić information content (AvgIpc) is 3.25. The second-order valence-electron chi connectivity index (χ2n) is 7.70. The van der Waals surface area contributed by atoms with Gasteiger partial charge in [-0.3, -0.25) is 19.8 Å². The van der Waals surface area contributed by atoms with Gasteiger partial charge in [0.15, 0.2) is 5.13 Å². The smallest absolute Gasteiger partial charge is 0.352 e. The monoisotopic (exact) mass is 537 g/mol. The fraction of sp³-hybridized carbons (Fsp3) is 0.400. The highest BCUT2D eigenvalue weighted by molar-refractivity contribution is 8.14. The molecule has 0 radical (unpaired) electrons. The number of fused-ring (bicyclic) bond motifs is 1. The van der Waals surface area contributed by atoms with Crippen molar-refractivity contribution in [2.45, 2.75) is 24.4 Å². The van der Waals surface area contributed by atoms with Crippen LogP contribution in [0.3, 0.4) is 0 Å². The van der Waals surface area contributed by atoms with Crippen LogP contribution in [0.4, 0.5) is 5.13 Å². The lowest BCUT2D eigenvalue weighted by Gasteiger charge is -2.49. The number of oxime groups is 1. The number of thioether (sulfide) groups is 2. The molecule has 15 heteroatoms. The van der Waals surface area contributed by atoms with Crippen LogP contribution in [0.5, 0.6) is 0 Å². The maximum atomic E-state index is 13.0. The molecule has 1 fully saturated rings. The minimum absolute atomic E-state index is 0.00529. The van der Waals surface area contributed by atoms with Crippen LogP contribution >= 0.6 is 34.9 Å². The number of hydrogen-bond acceptors (Lipinski definition) is 12. The number of nitrogens with zero attached hydrogens (tertiary/aromatic N) is 4. The van der Waals surface area contributed by atoms with E-state index in [9.17, 15) is 19.5 Å². The number of nitrogen functional groups attached to an aromatic ring is 1. The summed E-state index contributed by atoms with van der Waals surface area (Å²) >= 11 is 4.08. The SMILES string of the molecule is C=C1N=C(SCC2=C(C(=O)O)N3C(=O)[C@@H](NC/C(=N\OC)c4csc(N)n4)[C@H]3SC2)C(C)NC1=O. The van der Waals surface area contributed by atoms with E-state index in [1.165, 1.54) is 46.9 Å². The summed E-state index contributed by atoms with van der Waals surface area (Å²) in [7, 11) is 1.41. The molecule has 1 unspecified atom stereocenters. The van der Waals surface area contributed by atoms with Gasteiger partial charge in [-0.1, -0.05) is 11.7 Å². The molecule has 4 heterocycles. The molecular weight excluding hydrogens is 514 g/mol. The lowest BCUT2D eigenvalue weighted by atomic mass is 10.0. The van der Waals surface area contributed by atoms with Crippen LogP contribution in [0.1, 0.15) is 12.6 Å². The zero-order valence-corrected chi connectivity index (χ0v) is 21.3. The Hall–Kier alpha value is -2.88. The third kappa shape index (κ3) is 5.07. The lowest BCUT2D eigenvalue weighted by molar-refractivity contribution is -0.149. The molecule has 35 heavy (non-hydrogen) atoms. The number of nitrogens with one attached hydrogen (secondary N) is 2. The predicted octanol–water partition coefficient (Wildman–Crippen LogP) is 0.452. The number of aromatic nitrogens is 1. The Bertz CT molecular complexity index is 1180. The molecule has 3 aliphatic rings. The molecule has 4 rings (SSSR count). The topological polar surface area (TPSA) is 172 Å². The van der Waals surface area contributed by atoms with Gasteiger partial charge in [-0.15, -0.1) is 34.9 Å². The largest absolute Gasteiger partial charge is 0.477 e. The second kappa shape index (κ2) is 10.4. The lowest BCUT2D eigenvalue weighted by Crippen LogP contribution is -2.70. The summed E-state index contributed by atoms with van der Waals surface area (Å²) in [6.45, 7) is 5.61. The maximum absolute atomic E-state index is 13.0. The number of carboxylic acids is 1. The number of thiazole rings is 1. The van der Waals surface area contributed by atoms with E-state index in [0.717, 1.165) is 0 Å². The minimum Gasteiger partial charge on any atom is -0.477 e. The molecule has 1 aromatic heterocycles. The van der Waals surface area contributed by atoms with Gasteiger partial charge in [-0.2, -0.15) is 0 Å². The van der Waals surface area contributed by atoms with Gasteiger partial charge in [-0.05, 0) is 12.5 Å². The molecule has 0 bridgehead atoms. The summed E-state index contributed by atoms with van der Waals surface area (Å²) in [5, 5.41) is 22.2. The van der Waals surface area contributed by atoms with Crippen molar-refractivity contribution in [3.8, 4) is 0 Å². The predicted molar refractivity (Wildman–Crippen MR) is 136 cm³/mol. The molecule has 3 atom stereocenters. The Morgan fingerprint density at radius 2 is 2.29 bits per heavy atom. The fourth-order valence-electron chi connectivity index (χ4n) is 3.70. The molecule has 2 amide bonds. The van der Waals surface area contributed by atoms with Gasteiger partial charge in [0.1, 0.15) is 41.3 Å². The number of carbonyl (C=O) groups excluding carboxylic acids is 2. The third-order valence-corrected chi connectivity index (χ3v) is 8.62. The summed E-state index contributed by atoms with van der Waals surface area (Å²) in [5.41, 5.74) is 7.45. The molecule has 0 saturated carbocycles. The van der Waals surface area contributed by atoms with E-state index in [1.54, 1.807) is 12.3 Å². The third-order valence-electron chi connectivity index (χ3n) is 5.38. The minimum atomic E-state index is -1.16. The van der Waals surface area contributed by atoms with E-state index in [-0.39, 0.29) is 41.2 Å². The van der Waals surface area contributed by atoms with Crippen LogP contribution < -0.4 is 16.4 Å². The Balaban J connectivity index is 1.45. The standard InChI is InChI=1S/C20H23N7O5S3/c1-8-15(28)23-9(2)16(24-8)33-5-10-6-34-18-13(17(29)27(18)14(10)19(30)31)22-4-11(26-32-3)12-7-35-20(21)25-12/h7,9,13,18,22H,1,4-6H2,2-3H3,(H2,21,25)(H,23,28)(H,30,31)/b26-11+/t9?,13-,18-/m1/s1. The van der Waals surface area contributed by atoms with Crippen molar-refractivity contribution in [1.82, 2.24) is 20.5 Å². The van der Waals surface area contributed by atoms with Crippen molar-refractivity contribution in [1.29, 1.82) is 0 Å². The number of aliphatic imine (C=N–C) groups is 1. The highest BCUT2D eigenvalue weighted by Gasteiger charge is 2.53. The number of anilines is 1.